The van der Waals surface area contributed by atoms with Crippen molar-refractivity contribution in [3.8, 4) is 0 Å². The van der Waals surface area contributed by atoms with Crippen molar-refractivity contribution in [2.24, 2.45) is 5.92 Å². The van der Waals surface area contributed by atoms with E-state index < -0.39 is 5.97 Å². The molecule has 1 atom stereocenters. The van der Waals surface area contributed by atoms with Crippen LogP contribution in [-0.4, -0.2) is 35.5 Å². The first-order valence-corrected chi connectivity index (χ1v) is 7.12. The third-order valence-corrected chi connectivity index (χ3v) is 3.54. The van der Waals surface area contributed by atoms with Crippen LogP contribution in [0.1, 0.15) is 41.8 Å². The van der Waals surface area contributed by atoms with E-state index in [9.17, 15) is 9.59 Å². The summed E-state index contributed by atoms with van der Waals surface area (Å²) < 4.78 is 0. The molecule has 0 aliphatic rings. The Morgan fingerprint density at radius 3 is 2.62 bits per heavy atom. The maximum atomic E-state index is 12.5. The van der Waals surface area contributed by atoms with E-state index in [-0.39, 0.29) is 5.91 Å². The summed E-state index contributed by atoms with van der Waals surface area (Å²) in [5.41, 5.74) is 2.22. The zero-order chi connectivity index (χ0) is 16.0. The minimum Gasteiger partial charge on any atom is -0.478 e. The predicted molar refractivity (Wildman–Crippen MR) is 84.3 cm³/mol. The third kappa shape index (κ3) is 5.06. The zero-order valence-corrected chi connectivity index (χ0v) is 13.1. The maximum absolute atomic E-state index is 12.5. The summed E-state index contributed by atoms with van der Waals surface area (Å²) in [7, 11) is 1.80. The van der Waals surface area contributed by atoms with Gasteiger partial charge in [0, 0.05) is 25.2 Å². The number of rotatable bonds is 6. The molecule has 114 valence electrons. The van der Waals surface area contributed by atoms with Crippen molar-refractivity contribution < 1.29 is 14.7 Å². The summed E-state index contributed by atoms with van der Waals surface area (Å²) in [6.45, 7) is 6.81. The molecular weight excluding hydrogens is 266 g/mol. The lowest BCUT2D eigenvalue weighted by atomic mass is 10.0. The molecule has 0 radical (unpaired) electrons. The van der Waals surface area contributed by atoms with E-state index in [1.54, 1.807) is 24.1 Å². The second-order valence-electron chi connectivity index (χ2n) is 5.45. The number of amides is 1. The van der Waals surface area contributed by atoms with E-state index >= 15 is 0 Å². The Morgan fingerprint density at radius 2 is 2.05 bits per heavy atom. The molecule has 0 fully saturated rings. The van der Waals surface area contributed by atoms with Gasteiger partial charge in [-0.05, 0) is 36.1 Å². The van der Waals surface area contributed by atoms with Crippen LogP contribution in [0.25, 0.3) is 6.08 Å². The van der Waals surface area contributed by atoms with Crippen LogP contribution in [0.5, 0.6) is 0 Å². The molecule has 1 amide bonds. The molecule has 4 nitrogen and oxygen atoms in total. The Balaban J connectivity index is 2.97. The van der Waals surface area contributed by atoms with Gasteiger partial charge in [0.15, 0.2) is 0 Å². The molecule has 0 saturated carbocycles. The first-order chi connectivity index (χ1) is 9.85. The number of aryl methyl sites for hydroxylation is 1. The predicted octanol–water partition coefficient (Wildman–Crippen LogP) is 3.21. The summed E-state index contributed by atoms with van der Waals surface area (Å²) >= 11 is 0. The lowest BCUT2D eigenvalue weighted by molar-refractivity contribution is -0.131. The van der Waals surface area contributed by atoms with Crippen LogP contribution in [0.2, 0.25) is 0 Å². The molecule has 0 aliphatic carbocycles. The van der Waals surface area contributed by atoms with Gasteiger partial charge in [-0.25, -0.2) is 4.79 Å². The van der Waals surface area contributed by atoms with Gasteiger partial charge in [-0.3, -0.25) is 4.79 Å². The highest BCUT2D eigenvalue weighted by atomic mass is 16.4. The Kier molecular flexibility index (Phi) is 6.15. The molecular formula is C17H23NO3. The van der Waals surface area contributed by atoms with Crippen LogP contribution in [0.4, 0.5) is 0 Å². The van der Waals surface area contributed by atoms with E-state index in [1.807, 2.05) is 13.0 Å². The molecule has 4 heteroatoms. The lowest BCUT2D eigenvalue weighted by Gasteiger charge is -2.22. The molecule has 1 rings (SSSR count). The fourth-order valence-electron chi connectivity index (χ4n) is 2.03. The molecule has 1 aromatic carbocycles. The number of hydrogen-bond donors (Lipinski definition) is 1. The van der Waals surface area contributed by atoms with Crippen molar-refractivity contribution in [3.05, 3.63) is 41.0 Å². The average molecular weight is 289 g/mol. The van der Waals surface area contributed by atoms with E-state index in [0.717, 1.165) is 18.1 Å². The highest BCUT2D eigenvalue weighted by molar-refractivity contribution is 5.96. The van der Waals surface area contributed by atoms with E-state index in [1.165, 1.54) is 6.08 Å². The lowest BCUT2D eigenvalue weighted by Crippen LogP contribution is -2.31. The topological polar surface area (TPSA) is 57.6 Å². The van der Waals surface area contributed by atoms with Crippen molar-refractivity contribution in [1.29, 1.82) is 0 Å². The fraction of sp³-hybridized carbons (Fsp3) is 0.412. The van der Waals surface area contributed by atoms with Crippen molar-refractivity contribution in [2.45, 2.75) is 27.2 Å². The van der Waals surface area contributed by atoms with E-state index in [2.05, 4.69) is 13.8 Å². The smallest absolute Gasteiger partial charge is 0.328 e. The van der Waals surface area contributed by atoms with Crippen LogP contribution in [0.15, 0.2) is 24.3 Å². The van der Waals surface area contributed by atoms with Crippen LogP contribution in [-0.2, 0) is 4.79 Å². The quantitative estimate of drug-likeness (QED) is 0.818. The van der Waals surface area contributed by atoms with Gasteiger partial charge in [-0.15, -0.1) is 0 Å². The Labute approximate surface area is 126 Å². The SMILES string of the molecule is CCC(C)CN(C)C(=O)c1cc(C=CC(=O)O)ccc1C. The third-order valence-electron chi connectivity index (χ3n) is 3.54. The molecule has 0 bridgehead atoms. The van der Waals surface area contributed by atoms with Crippen LogP contribution >= 0.6 is 0 Å². The molecule has 0 saturated heterocycles. The number of carbonyl (C=O) groups is 2. The van der Waals surface area contributed by atoms with Gasteiger partial charge in [0.05, 0.1) is 0 Å². The summed E-state index contributed by atoms with van der Waals surface area (Å²) in [5, 5.41) is 8.66. The van der Waals surface area contributed by atoms with Gasteiger partial charge in [0.25, 0.3) is 5.91 Å². The summed E-state index contributed by atoms with van der Waals surface area (Å²) in [6, 6.07) is 5.39. The van der Waals surface area contributed by atoms with Gasteiger partial charge in [0.2, 0.25) is 0 Å². The monoisotopic (exact) mass is 289 g/mol. The zero-order valence-electron chi connectivity index (χ0n) is 13.1. The second kappa shape index (κ2) is 7.62. The molecule has 1 aromatic rings. The number of benzene rings is 1. The highest BCUT2D eigenvalue weighted by Crippen LogP contribution is 2.16. The largest absolute Gasteiger partial charge is 0.478 e. The van der Waals surface area contributed by atoms with Crippen molar-refractivity contribution in [1.82, 2.24) is 4.90 Å². The van der Waals surface area contributed by atoms with Gasteiger partial charge >= 0.3 is 5.97 Å². The minimum absolute atomic E-state index is 0.0293. The number of carboxylic acid groups (broad SMARTS) is 1. The highest BCUT2D eigenvalue weighted by Gasteiger charge is 2.16. The molecule has 1 unspecified atom stereocenters. The standard InChI is InChI=1S/C17H23NO3/c1-5-12(2)11-18(4)17(21)15-10-14(7-6-13(15)3)8-9-16(19)20/h6-10,12H,5,11H2,1-4H3,(H,19,20). The normalized spacial score (nSPS) is 12.4. The first kappa shape index (κ1) is 17.0. The average Bonchev–Trinajstić information content (AvgIpc) is 2.45. The fourth-order valence-corrected chi connectivity index (χ4v) is 2.03. The first-order valence-electron chi connectivity index (χ1n) is 7.12. The van der Waals surface area contributed by atoms with Gasteiger partial charge < -0.3 is 10.0 Å². The van der Waals surface area contributed by atoms with Gasteiger partial charge in [0.1, 0.15) is 0 Å². The summed E-state index contributed by atoms with van der Waals surface area (Å²) in [6.07, 6.45) is 3.59. The van der Waals surface area contributed by atoms with Crippen LogP contribution in [0, 0.1) is 12.8 Å². The number of carbonyl (C=O) groups excluding carboxylic acids is 1. The van der Waals surface area contributed by atoms with Gasteiger partial charge in [-0.1, -0.05) is 32.4 Å². The van der Waals surface area contributed by atoms with Crippen LogP contribution < -0.4 is 0 Å². The second-order valence-corrected chi connectivity index (χ2v) is 5.45. The van der Waals surface area contributed by atoms with E-state index in [4.69, 9.17) is 5.11 Å². The van der Waals surface area contributed by atoms with Crippen LogP contribution in [0.3, 0.4) is 0 Å². The van der Waals surface area contributed by atoms with Crippen molar-refractivity contribution >= 4 is 18.0 Å². The molecule has 1 N–H and O–H groups in total. The molecule has 0 aliphatic heterocycles. The Morgan fingerprint density at radius 1 is 1.38 bits per heavy atom. The van der Waals surface area contributed by atoms with Gasteiger partial charge in [-0.2, -0.15) is 0 Å². The Bertz CT molecular complexity index is 549. The number of aliphatic carboxylic acids is 1. The molecule has 0 heterocycles. The summed E-state index contributed by atoms with van der Waals surface area (Å²) in [4.78, 5) is 24.8. The van der Waals surface area contributed by atoms with Crippen molar-refractivity contribution in [2.75, 3.05) is 13.6 Å². The van der Waals surface area contributed by atoms with Crippen molar-refractivity contribution in [3.63, 3.8) is 0 Å². The molecule has 0 spiro atoms. The molecule has 0 aromatic heterocycles. The Hall–Kier alpha value is -2.10. The number of nitrogens with zero attached hydrogens (tertiary/aromatic N) is 1. The maximum Gasteiger partial charge on any atom is 0.328 e. The number of hydrogen-bond acceptors (Lipinski definition) is 2. The summed E-state index contributed by atoms with van der Waals surface area (Å²) in [5.74, 6) is -0.579. The molecule has 21 heavy (non-hydrogen) atoms. The number of carboxylic acids is 1. The minimum atomic E-state index is -1.00. The van der Waals surface area contributed by atoms with E-state index in [0.29, 0.717) is 23.6 Å².